The molecule has 0 radical (unpaired) electrons. The molecule has 4 bridgehead atoms. The van der Waals surface area contributed by atoms with E-state index < -0.39 is 0 Å². The van der Waals surface area contributed by atoms with Gasteiger partial charge in [-0.25, -0.2) is 0 Å². The van der Waals surface area contributed by atoms with Gasteiger partial charge in [-0.15, -0.1) is 0 Å². The lowest BCUT2D eigenvalue weighted by Crippen LogP contribution is -2.62. The van der Waals surface area contributed by atoms with Gasteiger partial charge < -0.3 is 16.4 Å². The van der Waals surface area contributed by atoms with Crippen molar-refractivity contribution in [3.8, 4) is 0 Å². The van der Waals surface area contributed by atoms with Crippen molar-refractivity contribution in [2.45, 2.75) is 44.1 Å². The van der Waals surface area contributed by atoms with E-state index in [1.54, 1.807) is 0 Å². The van der Waals surface area contributed by atoms with Gasteiger partial charge in [-0.1, -0.05) is 0 Å². The molecule has 4 saturated carbocycles. The van der Waals surface area contributed by atoms with E-state index >= 15 is 0 Å². The molecule has 5 heteroatoms. The first-order chi connectivity index (χ1) is 8.05. The molecule has 0 aliphatic heterocycles. The van der Waals surface area contributed by atoms with E-state index in [1.165, 1.54) is 38.5 Å². The fourth-order valence-corrected chi connectivity index (χ4v) is 5.14. The number of nitrogens with two attached hydrogens (primary N) is 1. The summed E-state index contributed by atoms with van der Waals surface area (Å²) in [7, 11) is 0. The van der Waals surface area contributed by atoms with Crippen molar-refractivity contribution in [3.63, 3.8) is 0 Å². The molecule has 0 aromatic heterocycles. The molecule has 4 rings (SSSR count). The van der Waals surface area contributed by atoms with Crippen LogP contribution in [0.3, 0.4) is 0 Å². The SMILES string of the molecule is NC(=S)NC(=S)NC12CC3CC(CC(C3)C1)C2. The molecule has 4 N–H and O–H groups in total. The van der Waals surface area contributed by atoms with E-state index in [0.717, 1.165) is 17.8 Å². The van der Waals surface area contributed by atoms with Crippen LogP contribution >= 0.6 is 24.4 Å². The van der Waals surface area contributed by atoms with Gasteiger partial charge in [0.25, 0.3) is 0 Å². The zero-order valence-electron chi connectivity index (χ0n) is 9.87. The topological polar surface area (TPSA) is 50.1 Å². The number of hydrogen-bond donors (Lipinski definition) is 3. The van der Waals surface area contributed by atoms with Crippen LogP contribution in [0.25, 0.3) is 0 Å². The highest BCUT2D eigenvalue weighted by molar-refractivity contribution is 7.81. The zero-order valence-corrected chi connectivity index (χ0v) is 11.5. The van der Waals surface area contributed by atoms with Gasteiger partial charge in [0.1, 0.15) is 0 Å². The molecule has 3 nitrogen and oxygen atoms in total. The Balaban J connectivity index is 1.70. The van der Waals surface area contributed by atoms with E-state index in [4.69, 9.17) is 30.2 Å². The summed E-state index contributed by atoms with van der Waals surface area (Å²) in [4.78, 5) is 0. The van der Waals surface area contributed by atoms with Crippen LogP contribution in [0.4, 0.5) is 0 Å². The van der Waals surface area contributed by atoms with Gasteiger partial charge in [0, 0.05) is 5.54 Å². The Morgan fingerprint density at radius 1 is 1.00 bits per heavy atom. The van der Waals surface area contributed by atoms with Crippen molar-refractivity contribution >= 4 is 34.7 Å². The standard InChI is InChI=1S/C12H19N3S2/c13-10(16)14-11(17)15-12-4-7-1-8(5-12)3-9(2-7)6-12/h7-9H,1-6H2,(H4,13,14,15,16,17). The average molecular weight is 269 g/mol. The van der Waals surface area contributed by atoms with Gasteiger partial charge >= 0.3 is 0 Å². The summed E-state index contributed by atoms with van der Waals surface area (Å²) in [6.45, 7) is 0. The molecule has 4 aliphatic rings. The highest BCUT2D eigenvalue weighted by atomic mass is 32.1. The van der Waals surface area contributed by atoms with Gasteiger partial charge in [-0.2, -0.15) is 0 Å². The molecule has 0 atom stereocenters. The van der Waals surface area contributed by atoms with Gasteiger partial charge in [0.05, 0.1) is 0 Å². The van der Waals surface area contributed by atoms with Crippen molar-refractivity contribution in [2.24, 2.45) is 23.5 Å². The van der Waals surface area contributed by atoms with E-state index in [1.807, 2.05) is 0 Å². The quantitative estimate of drug-likeness (QED) is 0.632. The highest BCUT2D eigenvalue weighted by Gasteiger charge is 2.51. The molecular formula is C12H19N3S2. The van der Waals surface area contributed by atoms with Crippen molar-refractivity contribution in [1.29, 1.82) is 0 Å². The minimum Gasteiger partial charge on any atom is -0.376 e. The van der Waals surface area contributed by atoms with E-state index in [2.05, 4.69) is 10.6 Å². The molecule has 0 unspecified atom stereocenters. The summed E-state index contributed by atoms with van der Waals surface area (Å²) >= 11 is 10.1. The monoisotopic (exact) mass is 269 g/mol. The lowest BCUT2D eigenvalue weighted by Gasteiger charge is -2.57. The minimum atomic E-state index is 0.240. The number of nitrogens with one attached hydrogen (secondary N) is 2. The third-order valence-corrected chi connectivity index (χ3v) is 4.96. The maximum atomic E-state index is 5.45. The Hall–Kier alpha value is -0.420. The molecule has 0 heterocycles. The molecule has 0 amide bonds. The first kappa shape index (κ1) is 11.7. The second-order valence-electron chi connectivity index (χ2n) is 6.14. The maximum absolute atomic E-state index is 5.45. The Morgan fingerprint density at radius 3 is 1.88 bits per heavy atom. The summed E-state index contributed by atoms with van der Waals surface area (Å²) in [6, 6.07) is 0. The summed E-state index contributed by atoms with van der Waals surface area (Å²) in [5.74, 6) is 2.75. The zero-order chi connectivity index (χ0) is 12.0. The van der Waals surface area contributed by atoms with Crippen molar-refractivity contribution in [2.75, 3.05) is 0 Å². The predicted octanol–water partition coefficient (Wildman–Crippen LogP) is 1.66. The summed E-state index contributed by atoms with van der Waals surface area (Å²) in [6.07, 6.45) is 8.15. The van der Waals surface area contributed by atoms with E-state index in [-0.39, 0.29) is 10.7 Å². The Bertz CT molecular complexity index is 331. The first-order valence-corrected chi connectivity index (χ1v) is 7.25. The van der Waals surface area contributed by atoms with Gasteiger partial charge in [-0.3, -0.25) is 0 Å². The summed E-state index contributed by atoms with van der Waals surface area (Å²) < 4.78 is 0. The molecular weight excluding hydrogens is 250 g/mol. The first-order valence-electron chi connectivity index (χ1n) is 6.43. The Labute approximate surface area is 113 Å². The highest BCUT2D eigenvalue weighted by Crippen LogP contribution is 2.55. The van der Waals surface area contributed by atoms with Crippen LogP contribution in [0, 0.1) is 17.8 Å². The number of rotatable bonds is 1. The molecule has 0 aromatic carbocycles. The second kappa shape index (κ2) is 4.05. The lowest BCUT2D eigenvalue weighted by atomic mass is 9.53. The fraction of sp³-hybridized carbons (Fsp3) is 0.833. The number of thiocarbonyl (C=S) groups is 2. The molecule has 94 valence electrons. The van der Waals surface area contributed by atoms with Crippen LogP contribution in [-0.2, 0) is 0 Å². The van der Waals surface area contributed by atoms with E-state index in [9.17, 15) is 0 Å². The van der Waals surface area contributed by atoms with E-state index in [0.29, 0.717) is 5.11 Å². The van der Waals surface area contributed by atoms with Crippen LogP contribution in [0.5, 0.6) is 0 Å². The van der Waals surface area contributed by atoms with Crippen molar-refractivity contribution < 1.29 is 0 Å². The maximum Gasteiger partial charge on any atom is 0.172 e. The predicted molar refractivity (Wildman–Crippen MR) is 76.6 cm³/mol. The normalized spacial score (nSPS) is 42.2. The summed E-state index contributed by atoms with van der Waals surface area (Å²) in [5.41, 5.74) is 5.69. The Kier molecular flexibility index (Phi) is 2.78. The van der Waals surface area contributed by atoms with Crippen LogP contribution in [0.15, 0.2) is 0 Å². The van der Waals surface area contributed by atoms with Crippen LogP contribution in [0.2, 0.25) is 0 Å². The smallest absolute Gasteiger partial charge is 0.172 e. The molecule has 4 fully saturated rings. The van der Waals surface area contributed by atoms with Crippen molar-refractivity contribution in [3.05, 3.63) is 0 Å². The largest absolute Gasteiger partial charge is 0.376 e. The third kappa shape index (κ3) is 2.27. The average Bonchev–Trinajstić information content (AvgIpc) is 2.11. The van der Waals surface area contributed by atoms with Gasteiger partial charge in [0.2, 0.25) is 0 Å². The minimum absolute atomic E-state index is 0.240. The second-order valence-corrected chi connectivity index (χ2v) is 6.99. The molecule has 0 aromatic rings. The fourth-order valence-electron chi connectivity index (χ4n) is 4.65. The lowest BCUT2D eigenvalue weighted by molar-refractivity contribution is -0.00999. The number of hydrogen-bond acceptors (Lipinski definition) is 2. The molecule has 0 saturated heterocycles. The van der Waals surface area contributed by atoms with Crippen LogP contribution in [-0.4, -0.2) is 15.8 Å². The molecule has 0 spiro atoms. The van der Waals surface area contributed by atoms with Gasteiger partial charge in [-0.05, 0) is 80.7 Å². The van der Waals surface area contributed by atoms with Gasteiger partial charge in [0.15, 0.2) is 10.2 Å². The molecule has 17 heavy (non-hydrogen) atoms. The third-order valence-electron chi connectivity index (χ3n) is 4.65. The van der Waals surface area contributed by atoms with Crippen LogP contribution in [0.1, 0.15) is 38.5 Å². The summed E-state index contributed by atoms with van der Waals surface area (Å²) in [5, 5.41) is 7.22. The van der Waals surface area contributed by atoms with Crippen LogP contribution < -0.4 is 16.4 Å². The molecule has 4 aliphatic carbocycles. The van der Waals surface area contributed by atoms with Crippen molar-refractivity contribution in [1.82, 2.24) is 10.6 Å². The Morgan fingerprint density at radius 2 is 1.47 bits per heavy atom.